The van der Waals surface area contributed by atoms with Gasteiger partial charge in [-0.15, -0.1) is 0 Å². The van der Waals surface area contributed by atoms with Crippen LogP contribution in [0.3, 0.4) is 0 Å². The lowest BCUT2D eigenvalue weighted by Crippen LogP contribution is -2.30. The third kappa shape index (κ3) is 3.39. The van der Waals surface area contributed by atoms with Gasteiger partial charge in [0.25, 0.3) is 6.33 Å². The van der Waals surface area contributed by atoms with Gasteiger partial charge in [0.2, 0.25) is 0 Å². The normalized spacial score (nSPS) is 13.4. The van der Waals surface area contributed by atoms with Crippen LogP contribution in [0.1, 0.15) is 63.8 Å². The van der Waals surface area contributed by atoms with Gasteiger partial charge < -0.3 is 4.40 Å². The molecular weight excluding hydrogens is 438 g/mol. The number of aromatic nitrogens is 3. The summed E-state index contributed by atoms with van der Waals surface area (Å²) >= 11 is 0. The molecule has 0 N–H and O–H groups in total. The highest BCUT2D eigenvalue weighted by atomic mass is 15.0. The van der Waals surface area contributed by atoms with Gasteiger partial charge in [-0.1, -0.05) is 53.7 Å². The van der Waals surface area contributed by atoms with Crippen LogP contribution in [0.2, 0.25) is 0 Å². The van der Waals surface area contributed by atoms with E-state index in [0.29, 0.717) is 0 Å². The maximum absolute atomic E-state index is 4.94. The highest BCUT2D eigenvalue weighted by Crippen LogP contribution is 2.43. The Kier molecular flexibility index (Phi) is 4.78. The Hall–Kier alpha value is -3.20. The van der Waals surface area contributed by atoms with Crippen molar-refractivity contribution in [2.24, 2.45) is 17.9 Å². The lowest BCUT2D eigenvalue weighted by Gasteiger charge is -2.19. The number of hydrogen-bond acceptors (Lipinski definition) is 1. The minimum Gasteiger partial charge on any atom is -0.308 e. The number of benzene rings is 3. The van der Waals surface area contributed by atoms with Crippen molar-refractivity contribution in [1.29, 1.82) is 0 Å². The molecule has 6 aromatic rings. The number of pyridine rings is 1. The van der Waals surface area contributed by atoms with Crippen LogP contribution in [0.5, 0.6) is 0 Å². The molecule has 3 heteroatoms. The summed E-state index contributed by atoms with van der Waals surface area (Å²) in [5.74, 6) is 0. The van der Waals surface area contributed by atoms with Crippen LogP contribution in [-0.4, -0.2) is 9.38 Å². The van der Waals surface area contributed by atoms with E-state index in [1.807, 2.05) is 6.33 Å². The molecule has 3 nitrogen and oxygen atoms in total. The first kappa shape index (κ1) is 23.2. The number of hydrogen-bond donors (Lipinski definition) is 0. The SMILES string of the molecule is Cc1cc2c3c(CC(C)(C)C)cccc3n3c4cc(CC(C)(C)C)cc5nc[n+](C)c(c(c1C)c23)c54. The average molecular weight is 477 g/mol. The van der Waals surface area contributed by atoms with Crippen molar-refractivity contribution in [2.75, 3.05) is 0 Å². The van der Waals surface area contributed by atoms with E-state index < -0.39 is 0 Å². The molecule has 36 heavy (non-hydrogen) atoms. The van der Waals surface area contributed by atoms with Crippen molar-refractivity contribution >= 4 is 49.1 Å². The van der Waals surface area contributed by atoms with Gasteiger partial charge in [0.15, 0.2) is 5.52 Å². The maximum Gasteiger partial charge on any atom is 0.287 e. The van der Waals surface area contributed by atoms with Crippen LogP contribution >= 0.6 is 0 Å². The van der Waals surface area contributed by atoms with Gasteiger partial charge >= 0.3 is 0 Å². The van der Waals surface area contributed by atoms with Crippen LogP contribution in [0.15, 0.2) is 42.7 Å². The van der Waals surface area contributed by atoms with Crippen molar-refractivity contribution in [3.63, 3.8) is 0 Å². The van der Waals surface area contributed by atoms with Crippen LogP contribution in [0.4, 0.5) is 0 Å². The first-order chi connectivity index (χ1) is 16.8. The van der Waals surface area contributed by atoms with Crippen molar-refractivity contribution in [3.05, 3.63) is 65.0 Å². The fourth-order valence-electron chi connectivity index (χ4n) is 6.38. The molecule has 184 valence electrons. The quantitative estimate of drug-likeness (QED) is 0.141. The molecular formula is C33H38N3+. The summed E-state index contributed by atoms with van der Waals surface area (Å²) in [5.41, 5.74) is 12.2. The third-order valence-corrected chi connectivity index (χ3v) is 7.73. The van der Waals surface area contributed by atoms with E-state index in [0.717, 1.165) is 18.4 Å². The second-order valence-electron chi connectivity index (χ2n) is 13.4. The zero-order valence-electron chi connectivity index (χ0n) is 23.3. The molecule has 0 saturated heterocycles. The largest absolute Gasteiger partial charge is 0.308 e. The smallest absolute Gasteiger partial charge is 0.287 e. The zero-order chi connectivity index (χ0) is 25.7. The van der Waals surface area contributed by atoms with Crippen LogP contribution in [-0.2, 0) is 19.9 Å². The summed E-state index contributed by atoms with van der Waals surface area (Å²) in [6.45, 7) is 18.5. The number of rotatable bonds is 2. The van der Waals surface area contributed by atoms with E-state index >= 15 is 0 Å². The van der Waals surface area contributed by atoms with E-state index in [2.05, 4.69) is 108 Å². The first-order valence-corrected chi connectivity index (χ1v) is 13.2. The molecule has 3 aromatic carbocycles. The second-order valence-corrected chi connectivity index (χ2v) is 13.4. The topological polar surface area (TPSA) is 21.2 Å². The van der Waals surface area contributed by atoms with E-state index in [1.165, 1.54) is 65.9 Å². The van der Waals surface area contributed by atoms with Crippen molar-refractivity contribution in [3.8, 4) is 0 Å². The Labute approximate surface area is 214 Å². The molecule has 0 aliphatic heterocycles. The van der Waals surface area contributed by atoms with Gasteiger partial charge in [-0.3, -0.25) is 0 Å². The van der Waals surface area contributed by atoms with E-state index in [1.54, 1.807) is 0 Å². The fraction of sp³-hybridized carbons (Fsp3) is 0.394. The summed E-state index contributed by atoms with van der Waals surface area (Å²) in [5, 5.41) is 5.40. The summed E-state index contributed by atoms with van der Waals surface area (Å²) in [4.78, 5) is 4.94. The molecule has 3 heterocycles. The van der Waals surface area contributed by atoms with Gasteiger partial charge in [-0.25, -0.2) is 4.57 Å². The molecule has 0 radical (unpaired) electrons. The zero-order valence-corrected chi connectivity index (χ0v) is 23.3. The molecule has 0 saturated carbocycles. The molecule has 0 spiro atoms. The lowest BCUT2D eigenvalue weighted by atomic mass is 9.86. The monoisotopic (exact) mass is 476 g/mol. The van der Waals surface area contributed by atoms with Crippen molar-refractivity contribution < 1.29 is 4.57 Å². The number of fused-ring (bicyclic) bond motifs is 5. The van der Waals surface area contributed by atoms with Gasteiger partial charge in [-0.2, -0.15) is 0 Å². The highest BCUT2D eigenvalue weighted by Gasteiger charge is 2.27. The highest BCUT2D eigenvalue weighted by molar-refractivity contribution is 6.26. The summed E-state index contributed by atoms with van der Waals surface area (Å²) in [6, 6.07) is 14.1. The Balaban J connectivity index is 1.93. The molecule has 0 bridgehead atoms. The molecule has 3 aromatic heterocycles. The molecule has 0 amide bonds. The molecule has 0 aliphatic rings. The van der Waals surface area contributed by atoms with Crippen LogP contribution in [0.25, 0.3) is 49.1 Å². The Bertz CT molecular complexity index is 1820. The third-order valence-electron chi connectivity index (χ3n) is 7.73. The second kappa shape index (κ2) is 7.41. The summed E-state index contributed by atoms with van der Waals surface area (Å²) in [6.07, 6.45) is 4.07. The standard InChI is InChI=1S/C33H38N3/c1-19-13-23-28-22(17-33(6,7)8)11-10-12-25(28)36-26-15-21(16-32(3,4)5)14-24-29(26)31(35(9)18-34-24)27(20(19)2)30(23)36/h10-15,18H,16-17H2,1-9H3/q+1. The summed E-state index contributed by atoms with van der Waals surface area (Å²) < 4.78 is 4.79. The van der Waals surface area contributed by atoms with Gasteiger partial charge in [0.05, 0.1) is 34.4 Å². The Morgan fingerprint density at radius 1 is 0.833 bits per heavy atom. The average Bonchev–Trinajstić information content (AvgIpc) is 3.08. The van der Waals surface area contributed by atoms with E-state index in [4.69, 9.17) is 4.98 Å². The van der Waals surface area contributed by atoms with Crippen molar-refractivity contribution in [1.82, 2.24) is 9.38 Å². The Morgan fingerprint density at radius 2 is 1.56 bits per heavy atom. The van der Waals surface area contributed by atoms with Gasteiger partial charge in [0.1, 0.15) is 5.52 Å². The predicted octanol–water partition coefficient (Wildman–Crippen LogP) is 8.00. The minimum atomic E-state index is 0.205. The maximum atomic E-state index is 4.94. The molecule has 0 atom stereocenters. The number of nitrogens with zero attached hydrogens (tertiary/aromatic N) is 3. The molecule has 0 unspecified atom stereocenters. The van der Waals surface area contributed by atoms with E-state index in [-0.39, 0.29) is 10.8 Å². The molecule has 0 aliphatic carbocycles. The van der Waals surface area contributed by atoms with Crippen LogP contribution in [0, 0.1) is 24.7 Å². The summed E-state index contributed by atoms with van der Waals surface area (Å²) in [7, 11) is 2.14. The van der Waals surface area contributed by atoms with E-state index in [9.17, 15) is 0 Å². The predicted molar refractivity (Wildman–Crippen MR) is 153 cm³/mol. The fourth-order valence-corrected chi connectivity index (χ4v) is 6.38. The molecule has 6 rings (SSSR count). The van der Waals surface area contributed by atoms with Gasteiger partial charge in [0, 0.05) is 10.8 Å². The lowest BCUT2D eigenvalue weighted by molar-refractivity contribution is -0.646. The first-order valence-electron chi connectivity index (χ1n) is 13.2. The number of aryl methyl sites for hydroxylation is 3. The molecule has 0 fully saturated rings. The minimum absolute atomic E-state index is 0.205. The Morgan fingerprint density at radius 3 is 2.25 bits per heavy atom. The van der Waals surface area contributed by atoms with Gasteiger partial charge in [-0.05, 0) is 89.0 Å². The van der Waals surface area contributed by atoms with Crippen LogP contribution < -0.4 is 4.57 Å². The van der Waals surface area contributed by atoms with Crippen molar-refractivity contribution in [2.45, 2.75) is 68.2 Å².